The second-order valence-electron chi connectivity index (χ2n) is 11.6. The molecule has 11 heteroatoms. The second kappa shape index (κ2) is 12.2. The largest absolute Gasteiger partial charge is 0.467 e. The van der Waals surface area contributed by atoms with Crippen LogP contribution in [0.5, 0.6) is 0 Å². The molecule has 0 radical (unpaired) electrons. The zero-order valence-electron chi connectivity index (χ0n) is 24.3. The third kappa shape index (κ3) is 5.44. The number of fused-ring (bicyclic) bond motifs is 1. The molecule has 4 heterocycles. The zero-order valence-corrected chi connectivity index (χ0v) is 26.7. The van der Waals surface area contributed by atoms with Crippen molar-refractivity contribution in [2.45, 2.75) is 63.7 Å². The number of halogens is 2. The second-order valence-corrected chi connectivity index (χ2v) is 13.5. The summed E-state index contributed by atoms with van der Waals surface area (Å²) in [5.74, 6) is -0.724. The lowest BCUT2D eigenvalue weighted by Gasteiger charge is -2.32. The van der Waals surface area contributed by atoms with Gasteiger partial charge in [0, 0.05) is 28.8 Å². The SMILES string of the molecule is COC(=O)C1CCCN1C(=O)C1CCCN1C(=O)C1=C(C(C)C)N2C(=N[C@@H](c3ccc(Cl)cc3)[C@H]2c2ccc(Cl)cc2)S1. The zero-order chi connectivity index (χ0) is 30.4. The van der Waals surface area contributed by atoms with Gasteiger partial charge in [0.25, 0.3) is 5.91 Å². The number of carbonyl (C=O) groups is 3. The van der Waals surface area contributed by atoms with Crippen molar-refractivity contribution in [3.63, 3.8) is 0 Å². The van der Waals surface area contributed by atoms with Crippen LogP contribution in [-0.4, -0.2) is 69.9 Å². The van der Waals surface area contributed by atoms with E-state index in [-0.39, 0.29) is 29.8 Å². The van der Waals surface area contributed by atoms with Gasteiger partial charge in [-0.05, 0) is 78.8 Å². The van der Waals surface area contributed by atoms with Crippen LogP contribution in [0.1, 0.15) is 62.7 Å². The number of hydrogen-bond donors (Lipinski definition) is 0. The van der Waals surface area contributed by atoms with Gasteiger partial charge < -0.3 is 19.4 Å². The summed E-state index contributed by atoms with van der Waals surface area (Å²) in [6.45, 7) is 5.14. The molecule has 2 saturated heterocycles. The van der Waals surface area contributed by atoms with Gasteiger partial charge in [-0.15, -0.1) is 0 Å². The van der Waals surface area contributed by atoms with Gasteiger partial charge in [0.15, 0.2) is 5.17 Å². The summed E-state index contributed by atoms with van der Waals surface area (Å²) in [4.78, 5) is 51.8. The van der Waals surface area contributed by atoms with Gasteiger partial charge in [-0.1, -0.05) is 61.3 Å². The lowest BCUT2D eigenvalue weighted by Crippen LogP contribution is -2.51. The minimum absolute atomic E-state index is 0.0111. The first-order valence-corrected chi connectivity index (χ1v) is 16.3. The van der Waals surface area contributed by atoms with Gasteiger partial charge in [0.2, 0.25) is 5.91 Å². The fourth-order valence-corrected chi connectivity index (χ4v) is 8.25. The Morgan fingerprint density at radius 3 is 2.07 bits per heavy atom. The van der Waals surface area contributed by atoms with Crippen LogP contribution in [0.25, 0.3) is 0 Å². The van der Waals surface area contributed by atoms with Crippen molar-refractivity contribution in [1.29, 1.82) is 0 Å². The van der Waals surface area contributed by atoms with E-state index in [0.717, 1.165) is 34.8 Å². The number of ether oxygens (including phenoxy) is 1. The van der Waals surface area contributed by atoms with Gasteiger partial charge in [-0.3, -0.25) is 14.6 Å². The Morgan fingerprint density at radius 2 is 1.47 bits per heavy atom. The van der Waals surface area contributed by atoms with Crippen LogP contribution in [0.2, 0.25) is 10.0 Å². The summed E-state index contributed by atoms with van der Waals surface area (Å²) in [7, 11) is 1.34. The Morgan fingerprint density at radius 1 is 0.884 bits per heavy atom. The molecule has 2 aromatic rings. The number of benzene rings is 2. The first kappa shape index (κ1) is 30.0. The Balaban J connectivity index is 1.34. The normalized spacial score (nSPS) is 25.1. The smallest absolute Gasteiger partial charge is 0.328 e. The number of likely N-dealkylation sites (tertiary alicyclic amines) is 2. The molecule has 6 rings (SSSR count). The topological polar surface area (TPSA) is 82.5 Å². The van der Waals surface area contributed by atoms with E-state index in [2.05, 4.69) is 18.7 Å². The number of amidine groups is 1. The number of carbonyl (C=O) groups excluding carboxylic acids is 3. The molecule has 8 nitrogen and oxygen atoms in total. The monoisotopic (exact) mass is 640 g/mol. The van der Waals surface area contributed by atoms with E-state index >= 15 is 0 Å². The number of thioether (sulfide) groups is 1. The molecule has 0 N–H and O–H groups in total. The van der Waals surface area contributed by atoms with Crippen LogP contribution >= 0.6 is 35.0 Å². The number of hydrogen-bond acceptors (Lipinski definition) is 7. The van der Waals surface area contributed by atoms with Gasteiger partial charge >= 0.3 is 5.97 Å². The van der Waals surface area contributed by atoms with Crippen LogP contribution in [0.15, 0.2) is 64.1 Å². The predicted molar refractivity (Wildman–Crippen MR) is 169 cm³/mol. The van der Waals surface area contributed by atoms with Crippen molar-refractivity contribution in [3.8, 4) is 0 Å². The van der Waals surface area contributed by atoms with E-state index in [4.69, 9.17) is 32.9 Å². The summed E-state index contributed by atoms with van der Waals surface area (Å²) < 4.78 is 4.96. The molecule has 4 aliphatic heterocycles. The highest BCUT2D eigenvalue weighted by Crippen LogP contribution is 2.53. The molecule has 4 atom stereocenters. The number of methoxy groups -OCH3 is 1. The molecule has 0 aromatic heterocycles. The Bertz CT molecular complexity index is 1490. The first-order valence-electron chi connectivity index (χ1n) is 14.7. The maximum atomic E-state index is 14.3. The van der Waals surface area contributed by atoms with Crippen molar-refractivity contribution in [2.24, 2.45) is 10.9 Å². The Labute approximate surface area is 266 Å². The van der Waals surface area contributed by atoms with Crippen LogP contribution in [0.4, 0.5) is 0 Å². The van der Waals surface area contributed by atoms with E-state index in [1.807, 2.05) is 48.5 Å². The summed E-state index contributed by atoms with van der Waals surface area (Å²) in [6.07, 6.45) is 2.61. The van der Waals surface area contributed by atoms with Crippen molar-refractivity contribution in [3.05, 3.63) is 80.3 Å². The number of allylic oxidation sites excluding steroid dienone is 1. The van der Waals surface area contributed by atoms with Gasteiger partial charge in [0.1, 0.15) is 23.0 Å². The molecule has 4 aliphatic rings. The highest BCUT2D eigenvalue weighted by Gasteiger charge is 2.49. The minimum atomic E-state index is -0.606. The quantitative estimate of drug-likeness (QED) is 0.349. The molecule has 43 heavy (non-hydrogen) atoms. The van der Waals surface area contributed by atoms with Crippen LogP contribution in [0.3, 0.4) is 0 Å². The molecule has 2 unspecified atom stereocenters. The number of esters is 1. The van der Waals surface area contributed by atoms with Crippen molar-refractivity contribution in [1.82, 2.24) is 14.7 Å². The third-order valence-corrected chi connectivity index (χ3v) is 10.3. The molecular weight excluding hydrogens is 607 g/mol. The highest BCUT2D eigenvalue weighted by atomic mass is 35.5. The first-order chi connectivity index (χ1) is 20.7. The summed E-state index contributed by atoms with van der Waals surface area (Å²) in [5.41, 5.74) is 2.96. The number of nitrogens with zero attached hydrogens (tertiary/aromatic N) is 4. The van der Waals surface area contributed by atoms with E-state index < -0.39 is 18.1 Å². The highest BCUT2D eigenvalue weighted by molar-refractivity contribution is 8.18. The van der Waals surface area contributed by atoms with E-state index in [9.17, 15) is 14.4 Å². The molecular formula is C32H34Cl2N4O4S. The lowest BCUT2D eigenvalue weighted by molar-refractivity contribution is -0.153. The van der Waals surface area contributed by atoms with Crippen molar-refractivity contribution in [2.75, 3.05) is 20.2 Å². The molecule has 2 amide bonds. The minimum Gasteiger partial charge on any atom is -0.467 e. The number of rotatable bonds is 6. The third-order valence-electron chi connectivity index (χ3n) is 8.69. The average Bonchev–Trinajstić information content (AvgIpc) is 3.80. The van der Waals surface area contributed by atoms with E-state index in [0.29, 0.717) is 40.9 Å². The van der Waals surface area contributed by atoms with Crippen LogP contribution < -0.4 is 0 Å². The molecule has 226 valence electrons. The summed E-state index contributed by atoms with van der Waals surface area (Å²) in [6, 6.07) is 13.9. The van der Waals surface area contributed by atoms with Crippen LogP contribution in [-0.2, 0) is 19.1 Å². The standard InChI is InChI=1S/C32H34Cl2N4O4S/c1-18(2)26-28(30(40)36-16-4-6-23(36)29(39)37-17-5-7-24(37)31(41)42-3)43-32-35-25(19-8-12-21(33)13-9-19)27(38(26)32)20-10-14-22(34)15-11-20/h8-15,18,23-25,27H,4-7,16-17H2,1-3H3/t23?,24?,25-,27+/m0/s1. The van der Waals surface area contributed by atoms with Gasteiger partial charge in [-0.2, -0.15) is 0 Å². The molecule has 2 fully saturated rings. The Kier molecular flexibility index (Phi) is 8.50. The predicted octanol–water partition coefficient (Wildman–Crippen LogP) is 6.22. The van der Waals surface area contributed by atoms with Crippen molar-refractivity contribution >= 4 is 57.9 Å². The average molecular weight is 642 g/mol. The molecule has 0 bridgehead atoms. The molecule has 0 aliphatic carbocycles. The fraction of sp³-hybridized carbons (Fsp3) is 0.438. The Hall–Kier alpha value is -3.01. The summed E-state index contributed by atoms with van der Waals surface area (Å²) >= 11 is 13.9. The molecule has 0 spiro atoms. The fourth-order valence-electron chi connectivity index (χ4n) is 6.69. The van der Waals surface area contributed by atoms with Gasteiger partial charge in [-0.25, -0.2) is 4.79 Å². The number of amides is 2. The lowest BCUT2D eigenvalue weighted by atomic mass is 9.92. The maximum absolute atomic E-state index is 14.3. The molecule has 0 saturated carbocycles. The van der Waals surface area contributed by atoms with Crippen LogP contribution in [0, 0.1) is 5.92 Å². The summed E-state index contributed by atoms with van der Waals surface area (Å²) in [5, 5.41) is 2.07. The van der Waals surface area contributed by atoms with E-state index in [1.54, 1.807) is 9.80 Å². The van der Waals surface area contributed by atoms with E-state index in [1.165, 1.54) is 18.9 Å². The number of aliphatic imine (C=N–C) groups is 1. The molecule has 2 aromatic carbocycles. The van der Waals surface area contributed by atoms with Crippen molar-refractivity contribution < 1.29 is 19.1 Å². The maximum Gasteiger partial charge on any atom is 0.328 e. The van der Waals surface area contributed by atoms with Gasteiger partial charge in [0.05, 0.1) is 13.2 Å².